The lowest BCUT2D eigenvalue weighted by molar-refractivity contribution is 0.113. The molecule has 0 saturated heterocycles. The molecule has 2 unspecified atom stereocenters. The summed E-state index contributed by atoms with van der Waals surface area (Å²) in [4.78, 5) is 0. The molecule has 38 heavy (non-hydrogen) atoms. The Morgan fingerprint density at radius 2 is 0.974 bits per heavy atom. The number of aliphatic hydroxyl groups excluding tert-OH is 2. The Balaban J connectivity index is 0.000000211. The second kappa shape index (κ2) is 14.3. The van der Waals surface area contributed by atoms with Crippen LogP contribution >= 0.6 is 0 Å². The van der Waals surface area contributed by atoms with E-state index in [0.717, 1.165) is 21.5 Å². The summed E-state index contributed by atoms with van der Waals surface area (Å²) < 4.78 is 11.2. The van der Waals surface area contributed by atoms with Crippen LogP contribution in [0, 0.1) is 0 Å². The minimum absolute atomic E-state index is 0.0194. The smallest absolute Gasteiger partial charge is 0.141 e. The molecule has 0 bridgehead atoms. The van der Waals surface area contributed by atoms with Gasteiger partial charge >= 0.3 is 0 Å². The zero-order valence-corrected chi connectivity index (χ0v) is 20.7. The van der Waals surface area contributed by atoms with Crippen LogP contribution in [0.3, 0.4) is 0 Å². The van der Waals surface area contributed by atoms with E-state index in [4.69, 9.17) is 31.4 Å². The van der Waals surface area contributed by atoms with Crippen molar-refractivity contribution >= 4 is 33.2 Å². The van der Waals surface area contributed by atoms with E-state index in [-0.39, 0.29) is 37.7 Å². The van der Waals surface area contributed by atoms with E-state index in [9.17, 15) is 10.2 Å². The van der Waals surface area contributed by atoms with E-state index in [1.165, 1.54) is 0 Å². The maximum absolute atomic E-state index is 9.69. The summed E-state index contributed by atoms with van der Waals surface area (Å²) in [6.07, 6.45) is -1.48. The van der Waals surface area contributed by atoms with Gasteiger partial charge in [-0.15, -0.1) is 0 Å². The van der Waals surface area contributed by atoms with Crippen molar-refractivity contribution in [2.45, 2.75) is 25.0 Å². The monoisotopic (exact) mass is 520 g/mol. The summed E-state index contributed by atoms with van der Waals surface area (Å²) in [5.41, 5.74) is 10.6. The Labute approximate surface area is 220 Å². The predicted molar refractivity (Wildman–Crippen MR) is 147 cm³/mol. The zero-order chi connectivity index (χ0) is 27.3. The van der Waals surface area contributed by atoms with Gasteiger partial charge in [0.15, 0.2) is 0 Å². The first-order chi connectivity index (χ1) is 18.4. The van der Waals surface area contributed by atoms with Crippen molar-refractivity contribution < 1.29 is 30.1 Å². The molecule has 0 heterocycles. The highest BCUT2D eigenvalue weighted by Crippen LogP contribution is 2.26. The number of nitrogens with two attached hydrogens (primary N) is 2. The number of oxime groups is 2. The van der Waals surface area contributed by atoms with Crippen molar-refractivity contribution in [2.24, 2.45) is 21.8 Å². The van der Waals surface area contributed by atoms with E-state index < -0.39 is 12.2 Å². The lowest BCUT2D eigenvalue weighted by atomic mass is 10.1. The molecule has 2 atom stereocenters. The third kappa shape index (κ3) is 8.26. The summed E-state index contributed by atoms with van der Waals surface area (Å²) in [6.45, 7) is 0.175. The molecule has 0 saturated carbocycles. The number of benzene rings is 4. The van der Waals surface area contributed by atoms with E-state index in [1.807, 2.05) is 84.9 Å². The number of fused-ring (bicyclic) bond motifs is 2. The molecule has 0 spiro atoms. The van der Waals surface area contributed by atoms with Crippen LogP contribution in [0.5, 0.6) is 11.5 Å². The van der Waals surface area contributed by atoms with Crippen molar-refractivity contribution in [3.63, 3.8) is 0 Å². The number of hydrogen-bond acceptors (Lipinski definition) is 8. The van der Waals surface area contributed by atoms with Gasteiger partial charge in [0.05, 0.1) is 12.2 Å². The average molecular weight is 521 g/mol. The molecule has 0 aliphatic rings. The van der Waals surface area contributed by atoms with Crippen molar-refractivity contribution in [1.29, 1.82) is 0 Å². The molecule has 10 nitrogen and oxygen atoms in total. The molecule has 0 aromatic heterocycles. The summed E-state index contributed by atoms with van der Waals surface area (Å²) in [7, 11) is 0. The fourth-order valence-electron chi connectivity index (χ4n) is 3.70. The first-order valence-corrected chi connectivity index (χ1v) is 11.9. The fraction of sp³-hybridized carbons (Fsp3) is 0.214. The summed E-state index contributed by atoms with van der Waals surface area (Å²) in [6, 6.07) is 27.2. The fourth-order valence-corrected chi connectivity index (χ4v) is 3.70. The van der Waals surface area contributed by atoms with Gasteiger partial charge in [0.2, 0.25) is 0 Å². The quantitative estimate of drug-likeness (QED) is 0.0797. The van der Waals surface area contributed by atoms with Gasteiger partial charge in [-0.05, 0) is 22.9 Å². The normalized spacial score (nSPS) is 13.4. The second-order valence-corrected chi connectivity index (χ2v) is 8.48. The predicted octanol–water partition coefficient (Wildman–Crippen LogP) is 3.43. The number of ether oxygens (including phenoxy) is 2. The van der Waals surface area contributed by atoms with Crippen LogP contribution in [0.2, 0.25) is 0 Å². The van der Waals surface area contributed by atoms with E-state index >= 15 is 0 Å². The van der Waals surface area contributed by atoms with Crippen molar-refractivity contribution in [3.05, 3.63) is 84.9 Å². The van der Waals surface area contributed by atoms with Crippen LogP contribution in [0.15, 0.2) is 95.2 Å². The molecule has 0 fully saturated rings. The SMILES string of the molecule is N/C(CC(O)COc1cccc2ccccc12)=N\O.N/C(CC(O)COc1cccc2ccccc12)=N\O. The van der Waals surface area contributed by atoms with Crippen molar-refractivity contribution in [1.82, 2.24) is 0 Å². The van der Waals surface area contributed by atoms with Crippen LogP contribution in [-0.2, 0) is 0 Å². The van der Waals surface area contributed by atoms with Gasteiger partial charge < -0.3 is 41.6 Å². The van der Waals surface area contributed by atoms with Crippen molar-refractivity contribution in [3.8, 4) is 11.5 Å². The molecule has 0 radical (unpaired) electrons. The molecule has 4 aromatic carbocycles. The molecule has 0 aliphatic heterocycles. The zero-order valence-electron chi connectivity index (χ0n) is 20.7. The maximum atomic E-state index is 9.69. The van der Waals surface area contributed by atoms with Gasteiger partial charge in [-0.25, -0.2) is 0 Å². The summed E-state index contributed by atoms with van der Waals surface area (Å²) in [5, 5.41) is 46.0. The number of aliphatic hydroxyl groups is 2. The lowest BCUT2D eigenvalue weighted by Gasteiger charge is -2.13. The van der Waals surface area contributed by atoms with E-state index in [1.54, 1.807) is 0 Å². The molecule has 4 rings (SSSR count). The summed E-state index contributed by atoms with van der Waals surface area (Å²) >= 11 is 0. The third-order valence-electron chi connectivity index (χ3n) is 5.51. The molecule has 4 aromatic rings. The minimum Gasteiger partial charge on any atom is -0.490 e. The lowest BCUT2D eigenvalue weighted by Crippen LogP contribution is -2.25. The van der Waals surface area contributed by atoms with Gasteiger partial charge in [0.1, 0.15) is 36.4 Å². The first kappa shape index (κ1) is 28.0. The standard InChI is InChI=1S/2C14H16N2O3/c2*15-14(16-18)8-11(17)9-19-13-7-3-5-10-4-1-2-6-12(10)13/h2*1-7,11,17-18H,8-9H2,(H2,15,16). The molecule has 0 aliphatic carbocycles. The highest BCUT2D eigenvalue weighted by molar-refractivity contribution is 5.89. The van der Waals surface area contributed by atoms with Gasteiger partial charge in [-0.2, -0.15) is 0 Å². The molecule has 0 amide bonds. The van der Waals surface area contributed by atoms with Crippen LogP contribution in [-0.4, -0.2) is 57.7 Å². The van der Waals surface area contributed by atoms with Gasteiger partial charge in [0, 0.05) is 23.6 Å². The molecule has 8 N–H and O–H groups in total. The van der Waals surface area contributed by atoms with Gasteiger partial charge in [-0.3, -0.25) is 0 Å². The number of hydrogen-bond donors (Lipinski definition) is 6. The average Bonchev–Trinajstić information content (AvgIpc) is 2.95. The number of nitrogens with zero attached hydrogens (tertiary/aromatic N) is 2. The molecular formula is C28H32N4O6. The van der Waals surface area contributed by atoms with Gasteiger partial charge in [-0.1, -0.05) is 83.1 Å². The molecular weight excluding hydrogens is 488 g/mol. The Bertz CT molecular complexity index is 1260. The van der Waals surface area contributed by atoms with Crippen LogP contribution in [0.4, 0.5) is 0 Å². The van der Waals surface area contributed by atoms with Crippen molar-refractivity contribution in [2.75, 3.05) is 13.2 Å². The van der Waals surface area contributed by atoms with Crippen LogP contribution in [0.1, 0.15) is 12.8 Å². The Morgan fingerprint density at radius 1 is 0.605 bits per heavy atom. The third-order valence-corrected chi connectivity index (χ3v) is 5.51. The van der Waals surface area contributed by atoms with E-state index in [2.05, 4.69) is 10.3 Å². The van der Waals surface area contributed by atoms with Crippen LogP contribution in [0.25, 0.3) is 21.5 Å². The largest absolute Gasteiger partial charge is 0.490 e. The Kier molecular flexibility index (Phi) is 10.5. The second-order valence-electron chi connectivity index (χ2n) is 8.48. The number of rotatable bonds is 10. The molecule has 200 valence electrons. The van der Waals surface area contributed by atoms with Crippen LogP contribution < -0.4 is 20.9 Å². The minimum atomic E-state index is -0.810. The highest BCUT2D eigenvalue weighted by atomic mass is 16.5. The van der Waals surface area contributed by atoms with E-state index in [0.29, 0.717) is 11.5 Å². The highest BCUT2D eigenvalue weighted by Gasteiger charge is 2.10. The Hall–Kier alpha value is -4.54. The molecule has 10 heteroatoms. The topological polar surface area (TPSA) is 176 Å². The summed E-state index contributed by atoms with van der Waals surface area (Å²) in [5.74, 6) is 1.37. The number of amidine groups is 2. The van der Waals surface area contributed by atoms with Gasteiger partial charge in [0.25, 0.3) is 0 Å². The maximum Gasteiger partial charge on any atom is 0.141 e. The Morgan fingerprint density at radius 3 is 1.37 bits per heavy atom. The first-order valence-electron chi connectivity index (χ1n) is 11.9.